The maximum atomic E-state index is 14.3. The topological polar surface area (TPSA) is 536 Å². The summed E-state index contributed by atoms with van der Waals surface area (Å²) in [6.07, 6.45) is -11.2. The number of nitrogens with zero attached hydrogens (tertiary/aromatic N) is 10. The molecule has 3 saturated heterocycles. The second kappa shape index (κ2) is 21.0. The number of phosphoric ester groups is 1. The van der Waals surface area contributed by atoms with Crippen LogP contribution in [0, 0.1) is 5.92 Å². The number of ether oxygens (including phenoxy) is 5. The van der Waals surface area contributed by atoms with Crippen molar-refractivity contribution in [3.05, 3.63) is 46.0 Å². The molecule has 0 spiro atoms. The normalized spacial score (nSPS) is 30.2. The summed E-state index contributed by atoms with van der Waals surface area (Å²) < 4.78 is 108. The Morgan fingerprint density at radius 1 is 0.750 bits per heavy atom. The number of methoxy groups -OCH3 is 2. The van der Waals surface area contributed by atoms with Crippen LogP contribution in [0.5, 0.6) is 0 Å². The lowest BCUT2D eigenvalue weighted by Gasteiger charge is -2.35. The molecule has 6 aromatic rings. The maximum absolute atomic E-state index is 14.3. The van der Waals surface area contributed by atoms with Crippen LogP contribution in [0.4, 0.5) is 17.7 Å². The SMILES string of the molecule is COC[C@H]1[C@@H](O)[C@H]([n+]2cn(C)c3c(=O)[nH]c(N)nc32)O[C@@H]1COP(=O)(O)CP(=O)(O)OP(=O)(O)OCC1O[C@@H](n2cnc3c(N)ncnc32)[C@H](OC)[C@@H]1P(=O)([O-])OC[C@H]1O[C@@H](n2cnc3c(=O)[nH]c(N)nc32)[C@H](O)[C@@H]1O. The van der Waals surface area contributed by atoms with Crippen molar-refractivity contribution in [1.82, 2.24) is 53.6 Å². The molecule has 5 unspecified atom stereocenters. The number of aliphatic hydroxyl groups excluding tert-OH is 3. The van der Waals surface area contributed by atoms with Gasteiger partial charge in [0.2, 0.25) is 17.7 Å². The molecule has 416 valence electrons. The first-order valence-electron chi connectivity index (χ1n) is 22.1. The van der Waals surface area contributed by atoms with E-state index in [1.807, 2.05) is 0 Å². The van der Waals surface area contributed by atoms with Crippen LogP contribution in [0.15, 0.2) is 34.9 Å². The van der Waals surface area contributed by atoms with Gasteiger partial charge in [-0.15, -0.1) is 0 Å². The molecule has 0 aliphatic carbocycles. The third-order valence-electron chi connectivity index (χ3n) is 12.5. The standard InChI is InChI=1S/C35H49N15O22P4/c1-47-11-50(28-19(47)30(55)46-35(38)44-28)31-20(51)13(4-64-2)14(69-31)5-66-73(56,57)12-74(58,59)72-76(62,63)68-7-16-24(23(65-3)33(71-16)48-9-41-17-25(36)39-8-40-26(17)48)75(60,61)67-6-15-21(52)22(53)32(70-15)49-10-42-18-27(49)43-34(37)45-29(18)54/h8-11,13-16,20-24,31-33,51-53H,4-7,12H2,1-3H3,(H11-,36,37,38,39,40,43,44,45,46,54,55,56,57,58,59,60,61,62,63)/t13-,14-,15-,16?,20-,21-,22-,23-,24-,31-,32-,33-/m1/s1. The third-order valence-corrected chi connectivity index (χ3v) is 20.1. The average Bonchev–Trinajstić information content (AvgIpc) is 4.21. The summed E-state index contributed by atoms with van der Waals surface area (Å²) in [6.45, 7) is -3.34. The van der Waals surface area contributed by atoms with E-state index < -0.39 is 140 Å². The van der Waals surface area contributed by atoms with Crippen molar-refractivity contribution in [3.8, 4) is 0 Å². The highest BCUT2D eigenvalue weighted by molar-refractivity contribution is 7.74. The molecular formula is C35H49N15O22P4. The summed E-state index contributed by atoms with van der Waals surface area (Å²) in [5.41, 5.74) is 13.7. The van der Waals surface area contributed by atoms with Gasteiger partial charge in [0.15, 0.2) is 47.3 Å². The number of H-pyrrole nitrogens is 2. The Morgan fingerprint density at radius 2 is 1.39 bits per heavy atom. The number of aliphatic hydroxyl groups is 3. The van der Waals surface area contributed by atoms with Crippen LogP contribution >= 0.6 is 30.6 Å². The van der Waals surface area contributed by atoms with Crippen molar-refractivity contribution in [3.63, 3.8) is 0 Å². The van der Waals surface area contributed by atoms with E-state index in [-0.39, 0.29) is 57.8 Å². The van der Waals surface area contributed by atoms with Crippen LogP contribution in [-0.4, -0.2) is 179 Å². The fourth-order valence-electron chi connectivity index (χ4n) is 9.14. The van der Waals surface area contributed by atoms with Gasteiger partial charge >= 0.3 is 28.7 Å². The fourth-order valence-corrected chi connectivity index (χ4v) is 15.9. The predicted molar refractivity (Wildman–Crippen MR) is 249 cm³/mol. The highest BCUT2D eigenvalue weighted by Gasteiger charge is 2.55. The van der Waals surface area contributed by atoms with Gasteiger partial charge in [-0.1, -0.05) is 4.98 Å². The Labute approximate surface area is 423 Å². The Balaban J connectivity index is 0.888. The number of hydrogen-bond donors (Lipinski definition) is 11. The quantitative estimate of drug-likeness (QED) is 0.0255. The number of aromatic nitrogens is 12. The molecule has 76 heavy (non-hydrogen) atoms. The van der Waals surface area contributed by atoms with Gasteiger partial charge in [0.1, 0.15) is 50.0 Å². The van der Waals surface area contributed by atoms with Crippen LogP contribution in [-0.2, 0) is 66.9 Å². The van der Waals surface area contributed by atoms with Crippen molar-refractivity contribution < 1.29 is 99.3 Å². The van der Waals surface area contributed by atoms with E-state index in [1.165, 1.54) is 34.2 Å². The molecule has 16 atom stereocenters. The number of aromatic amines is 2. The van der Waals surface area contributed by atoms with Crippen molar-refractivity contribution in [1.29, 1.82) is 0 Å². The summed E-state index contributed by atoms with van der Waals surface area (Å²) in [5.74, 6) is -3.47. The molecule has 9 rings (SSSR count). The molecule has 0 saturated carbocycles. The second-order valence-electron chi connectivity index (χ2n) is 17.5. The monoisotopic (exact) mass is 1160 g/mol. The summed E-state index contributed by atoms with van der Waals surface area (Å²) in [5, 5.41) is 33.2. The molecule has 41 heteroatoms. The van der Waals surface area contributed by atoms with E-state index in [2.05, 4.69) is 44.2 Å². The van der Waals surface area contributed by atoms with Gasteiger partial charge in [-0.25, -0.2) is 33.4 Å². The second-order valence-corrected chi connectivity index (χ2v) is 25.2. The van der Waals surface area contributed by atoms with Gasteiger partial charge in [0.25, 0.3) is 17.1 Å². The molecule has 14 N–H and O–H groups in total. The molecule has 3 aliphatic rings. The first-order chi connectivity index (χ1) is 35.7. The Bertz CT molecular complexity index is 3490. The Morgan fingerprint density at radius 3 is 2.11 bits per heavy atom. The number of hydrogen-bond acceptors (Lipinski definition) is 28. The van der Waals surface area contributed by atoms with Gasteiger partial charge in [0, 0.05) is 20.1 Å². The lowest BCUT2D eigenvalue weighted by molar-refractivity contribution is -0.745. The van der Waals surface area contributed by atoms with Gasteiger partial charge in [-0.3, -0.25) is 46.9 Å². The summed E-state index contributed by atoms with van der Waals surface area (Å²) in [4.78, 5) is 100. The first-order valence-corrected chi connectivity index (χ1v) is 28.7. The van der Waals surface area contributed by atoms with Crippen LogP contribution in [0.2, 0.25) is 0 Å². The first kappa shape index (κ1) is 55.7. The molecule has 3 fully saturated rings. The number of anilines is 3. The smallest absolute Gasteiger partial charge is 0.479 e. The number of nitrogens with two attached hydrogens (primary N) is 3. The van der Waals surface area contributed by atoms with Crippen LogP contribution in [0.25, 0.3) is 33.5 Å². The van der Waals surface area contributed by atoms with E-state index in [4.69, 9.17) is 54.5 Å². The van der Waals surface area contributed by atoms with Gasteiger partial charge in [-0.05, 0) is 0 Å². The molecule has 0 aromatic carbocycles. The minimum absolute atomic E-state index is 0.00199. The molecule has 0 radical (unpaired) electrons. The fraction of sp³-hybridized carbons (Fsp3) is 0.571. The minimum Gasteiger partial charge on any atom is -0.778 e. The lowest BCUT2D eigenvalue weighted by atomic mass is 9.99. The summed E-state index contributed by atoms with van der Waals surface area (Å²) in [6, 6.07) is 0. The van der Waals surface area contributed by atoms with Crippen LogP contribution < -0.4 is 37.8 Å². The van der Waals surface area contributed by atoms with E-state index >= 15 is 0 Å². The molecule has 6 aromatic heterocycles. The van der Waals surface area contributed by atoms with Crippen molar-refractivity contribution in [2.24, 2.45) is 13.0 Å². The molecular weight excluding hydrogens is 1110 g/mol. The molecule has 9 heterocycles. The minimum atomic E-state index is -5.87. The highest BCUT2D eigenvalue weighted by atomic mass is 31.3. The van der Waals surface area contributed by atoms with Crippen molar-refractivity contribution >= 4 is 81.8 Å². The van der Waals surface area contributed by atoms with E-state index in [0.29, 0.717) is 0 Å². The van der Waals surface area contributed by atoms with Crippen molar-refractivity contribution in [2.45, 2.75) is 67.1 Å². The number of nitrogen functional groups attached to an aromatic ring is 3. The van der Waals surface area contributed by atoms with E-state index in [0.717, 1.165) is 30.7 Å². The molecule has 37 nitrogen and oxygen atoms in total. The largest absolute Gasteiger partial charge is 0.778 e. The summed E-state index contributed by atoms with van der Waals surface area (Å²) in [7, 11) is -18.5. The number of phosphoric acid groups is 1. The maximum Gasteiger partial charge on any atom is 0.479 e. The highest BCUT2D eigenvalue weighted by Crippen LogP contribution is 2.67. The van der Waals surface area contributed by atoms with E-state index in [9.17, 15) is 62.7 Å². The zero-order chi connectivity index (χ0) is 55.0. The average molecular weight is 1160 g/mol. The number of nitrogens with one attached hydrogen (secondary N) is 2. The third kappa shape index (κ3) is 10.8. The summed E-state index contributed by atoms with van der Waals surface area (Å²) >= 11 is 0. The van der Waals surface area contributed by atoms with Gasteiger partial charge in [0.05, 0.1) is 64.0 Å². The van der Waals surface area contributed by atoms with Crippen molar-refractivity contribution in [2.75, 3.05) is 63.8 Å². The molecule has 0 amide bonds. The molecule has 3 aliphatic heterocycles. The van der Waals surface area contributed by atoms with E-state index in [1.54, 1.807) is 0 Å². The zero-order valence-corrected chi connectivity index (χ0v) is 43.1. The number of imidazole rings is 3. The Kier molecular flexibility index (Phi) is 15.3. The number of fused-ring (bicyclic) bond motifs is 3. The van der Waals surface area contributed by atoms with Gasteiger partial charge < -0.3 is 89.4 Å². The lowest BCUT2D eigenvalue weighted by Crippen LogP contribution is -2.45. The van der Waals surface area contributed by atoms with Gasteiger partial charge in [-0.2, -0.15) is 4.98 Å². The predicted octanol–water partition coefficient (Wildman–Crippen LogP) is -4.26. The molecule has 0 bridgehead atoms. The Hall–Kier alpha value is -5.07. The van der Waals surface area contributed by atoms with Crippen LogP contribution in [0.1, 0.15) is 18.7 Å². The van der Waals surface area contributed by atoms with Crippen LogP contribution in [0.3, 0.4) is 0 Å². The number of aryl methyl sites for hydroxylation is 1. The zero-order valence-electron chi connectivity index (χ0n) is 39.5. The number of rotatable bonds is 20.